The lowest BCUT2D eigenvalue weighted by molar-refractivity contribution is 0.0856. The van der Waals surface area contributed by atoms with Crippen molar-refractivity contribution in [2.75, 3.05) is 40.3 Å². The average molecular weight is 505 g/mol. The van der Waals surface area contributed by atoms with Gasteiger partial charge in [0.15, 0.2) is 5.88 Å². The fraction of sp³-hybridized carbons (Fsp3) is 0.444. The number of hydrogen-bond acceptors (Lipinski definition) is 8. The van der Waals surface area contributed by atoms with Gasteiger partial charge in [0.05, 0.1) is 34.3 Å². The number of fused-ring (bicyclic) bond motifs is 3. The Kier molecular flexibility index (Phi) is 7.29. The summed E-state index contributed by atoms with van der Waals surface area (Å²) in [5, 5.41) is 16.5. The summed E-state index contributed by atoms with van der Waals surface area (Å²) >= 11 is 0. The van der Waals surface area contributed by atoms with E-state index in [4.69, 9.17) is 15.2 Å². The number of aliphatic imine (C=N–C) groups is 1. The van der Waals surface area contributed by atoms with Crippen LogP contribution in [-0.2, 0) is 11.8 Å². The third kappa shape index (κ3) is 5.40. The van der Waals surface area contributed by atoms with Crippen molar-refractivity contribution >= 4 is 22.7 Å². The molecule has 2 aliphatic heterocycles. The van der Waals surface area contributed by atoms with E-state index in [0.29, 0.717) is 19.0 Å². The number of hydrogen-bond donors (Lipinski definition) is 3. The van der Waals surface area contributed by atoms with Crippen LogP contribution in [-0.4, -0.2) is 83.1 Å². The van der Waals surface area contributed by atoms with Crippen LogP contribution >= 0.6 is 0 Å². The van der Waals surface area contributed by atoms with E-state index in [1.165, 1.54) is 0 Å². The van der Waals surface area contributed by atoms with E-state index in [0.717, 1.165) is 70.8 Å². The average Bonchev–Trinajstić information content (AvgIpc) is 3.46. The minimum absolute atomic E-state index is 0.0816. The molecule has 10 heteroatoms. The molecule has 1 atom stereocenters. The molecule has 3 aromatic rings. The van der Waals surface area contributed by atoms with Crippen molar-refractivity contribution in [3.8, 4) is 17.0 Å². The largest absolute Gasteiger partial charge is 0.475 e. The summed E-state index contributed by atoms with van der Waals surface area (Å²) in [7, 11) is 5.75. The predicted molar refractivity (Wildman–Crippen MR) is 146 cm³/mol. The van der Waals surface area contributed by atoms with Gasteiger partial charge in [-0.15, -0.1) is 0 Å². The molecule has 4 N–H and O–H groups in total. The number of piperidine rings is 1. The van der Waals surface area contributed by atoms with E-state index in [1.807, 2.05) is 37.5 Å². The first-order chi connectivity index (χ1) is 17.9. The molecule has 0 spiro atoms. The molecule has 0 unspecified atom stereocenters. The number of allylic oxidation sites excluding steroid dienone is 1. The molecular weight excluding hydrogens is 468 g/mol. The Labute approximate surface area is 217 Å². The molecule has 196 valence electrons. The SMILES string of the molecule is CN=C1CN(C)C[C@H](C)Oc2c(cnn2C)-c2ccc3n[nH]c(c3c2)/C=C/C1=C(/N)OC1CCNCC1. The van der Waals surface area contributed by atoms with Crippen LogP contribution in [0.5, 0.6) is 5.88 Å². The number of aromatic amines is 1. The van der Waals surface area contributed by atoms with Crippen LogP contribution in [0.25, 0.3) is 28.1 Å². The van der Waals surface area contributed by atoms with Crippen LogP contribution in [0.15, 0.2) is 46.9 Å². The molecule has 0 saturated carbocycles. The number of nitrogens with one attached hydrogen (secondary N) is 2. The fourth-order valence-corrected chi connectivity index (χ4v) is 5.00. The van der Waals surface area contributed by atoms with Gasteiger partial charge in [0.25, 0.3) is 0 Å². The van der Waals surface area contributed by atoms with Crippen molar-refractivity contribution in [1.82, 2.24) is 30.2 Å². The number of likely N-dealkylation sites (N-methyl/N-ethyl adjacent to an activating group) is 1. The van der Waals surface area contributed by atoms with E-state index in [-0.39, 0.29) is 12.2 Å². The van der Waals surface area contributed by atoms with E-state index in [9.17, 15) is 0 Å². The van der Waals surface area contributed by atoms with Crippen molar-refractivity contribution in [1.29, 1.82) is 0 Å². The maximum absolute atomic E-state index is 6.60. The van der Waals surface area contributed by atoms with Crippen molar-refractivity contribution in [3.63, 3.8) is 0 Å². The van der Waals surface area contributed by atoms with Gasteiger partial charge in [-0.3, -0.25) is 15.0 Å². The van der Waals surface area contributed by atoms with Crippen LogP contribution in [0.3, 0.4) is 0 Å². The molecule has 5 rings (SSSR count). The molecular formula is C27H36N8O2. The first-order valence-electron chi connectivity index (χ1n) is 12.8. The number of rotatable bonds is 2. The standard InChI is InChI=1S/C27H36N8O2/c1-17-15-34(3)16-25(29-2)20(26(28)37-19-9-11-30-12-10-19)6-8-24-21-13-18(5-7-23(21)32-33-24)22-14-31-35(4)27(22)36-17/h5-8,13-14,17,19,30H,9-12,15-16,28H2,1-4H3,(H,32,33)/b8-6+,26-20+,29-25?/t17-/m0/s1. The summed E-state index contributed by atoms with van der Waals surface area (Å²) in [5.74, 6) is 1.13. The molecule has 10 nitrogen and oxygen atoms in total. The Hall–Kier alpha value is -3.63. The summed E-state index contributed by atoms with van der Waals surface area (Å²) < 4.78 is 14.5. The van der Waals surface area contributed by atoms with Gasteiger partial charge < -0.3 is 20.5 Å². The van der Waals surface area contributed by atoms with Gasteiger partial charge >= 0.3 is 0 Å². The van der Waals surface area contributed by atoms with Crippen LogP contribution in [0.4, 0.5) is 0 Å². The molecule has 37 heavy (non-hydrogen) atoms. The molecule has 2 aromatic heterocycles. The van der Waals surface area contributed by atoms with E-state index < -0.39 is 0 Å². The first-order valence-corrected chi connectivity index (χ1v) is 12.8. The number of nitrogens with zero attached hydrogens (tertiary/aromatic N) is 5. The molecule has 1 fully saturated rings. The molecule has 0 radical (unpaired) electrons. The lowest BCUT2D eigenvalue weighted by Crippen LogP contribution is -2.36. The Morgan fingerprint density at radius 1 is 1.22 bits per heavy atom. The molecule has 0 amide bonds. The summed E-state index contributed by atoms with van der Waals surface area (Å²) in [6, 6.07) is 6.17. The molecule has 2 aliphatic rings. The van der Waals surface area contributed by atoms with E-state index in [1.54, 1.807) is 11.7 Å². The van der Waals surface area contributed by atoms with Crippen LogP contribution in [0, 0.1) is 0 Å². The Morgan fingerprint density at radius 3 is 2.81 bits per heavy atom. The number of aromatic nitrogens is 4. The van der Waals surface area contributed by atoms with Gasteiger partial charge in [0.1, 0.15) is 12.2 Å². The molecule has 4 heterocycles. The minimum Gasteiger partial charge on any atom is -0.475 e. The van der Waals surface area contributed by atoms with Gasteiger partial charge in [0, 0.05) is 32.6 Å². The Bertz CT molecular complexity index is 1350. The smallest absolute Gasteiger partial charge is 0.219 e. The highest BCUT2D eigenvalue weighted by molar-refractivity contribution is 6.05. The van der Waals surface area contributed by atoms with Gasteiger partial charge in [-0.05, 0) is 69.8 Å². The van der Waals surface area contributed by atoms with Crippen molar-refractivity contribution in [3.05, 3.63) is 47.6 Å². The van der Waals surface area contributed by atoms with Crippen LogP contribution < -0.4 is 15.8 Å². The van der Waals surface area contributed by atoms with E-state index >= 15 is 0 Å². The lowest BCUT2D eigenvalue weighted by atomic mass is 10.0. The predicted octanol–water partition coefficient (Wildman–Crippen LogP) is 2.70. The van der Waals surface area contributed by atoms with Crippen molar-refractivity contribution in [2.24, 2.45) is 17.8 Å². The normalized spacial score (nSPS) is 23.4. The van der Waals surface area contributed by atoms with Crippen molar-refractivity contribution in [2.45, 2.75) is 32.0 Å². The maximum atomic E-state index is 6.60. The zero-order valence-electron chi connectivity index (χ0n) is 22.0. The lowest BCUT2D eigenvalue weighted by Gasteiger charge is -2.26. The monoisotopic (exact) mass is 504 g/mol. The number of aryl methyl sites for hydroxylation is 1. The first kappa shape index (κ1) is 25.0. The van der Waals surface area contributed by atoms with Crippen LogP contribution in [0.2, 0.25) is 0 Å². The Balaban J connectivity index is 1.61. The summed E-state index contributed by atoms with van der Waals surface area (Å²) in [6.45, 7) is 5.21. The van der Waals surface area contributed by atoms with Gasteiger partial charge in [-0.25, -0.2) is 4.68 Å². The fourth-order valence-electron chi connectivity index (χ4n) is 5.00. The second-order valence-electron chi connectivity index (χ2n) is 9.83. The summed E-state index contributed by atoms with van der Waals surface area (Å²) in [5.41, 5.74) is 11.9. The zero-order valence-corrected chi connectivity index (χ0v) is 22.0. The quantitative estimate of drug-likeness (QED) is 0.459. The molecule has 1 saturated heterocycles. The van der Waals surface area contributed by atoms with Crippen LogP contribution in [0.1, 0.15) is 25.5 Å². The maximum Gasteiger partial charge on any atom is 0.219 e. The number of nitrogens with two attached hydrogens (primary N) is 1. The second kappa shape index (κ2) is 10.8. The summed E-state index contributed by atoms with van der Waals surface area (Å²) in [6.07, 6.45) is 7.69. The Morgan fingerprint density at radius 2 is 2.03 bits per heavy atom. The molecule has 2 bridgehead atoms. The third-order valence-electron chi connectivity index (χ3n) is 6.92. The van der Waals surface area contributed by atoms with E-state index in [2.05, 4.69) is 50.5 Å². The van der Waals surface area contributed by atoms with Gasteiger partial charge in [0.2, 0.25) is 5.88 Å². The third-order valence-corrected chi connectivity index (χ3v) is 6.92. The summed E-state index contributed by atoms with van der Waals surface area (Å²) in [4.78, 5) is 6.81. The topological polar surface area (TPSA) is 119 Å². The number of ether oxygens (including phenoxy) is 2. The highest BCUT2D eigenvalue weighted by Crippen LogP contribution is 2.33. The second-order valence-corrected chi connectivity index (χ2v) is 9.83. The zero-order chi connectivity index (χ0) is 25.9. The highest BCUT2D eigenvalue weighted by Gasteiger charge is 2.21. The minimum atomic E-state index is -0.0816. The number of H-pyrrole nitrogens is 1. The molecule has 1 aromatic carbocycles. The van der Waals surface area contributed by atoms with Gasteiger partial charge in [-0.2, -0.15) is 10.2 Å². The van der Waals surface area contributed by atoms with Crippen molar-refractivity contribution < 1.29 is 9.47 Å². The van der Waals surface area contributed by atoms with Gasteiger partial charge in [-0.1, -0.05) is 6.07 Å². The highest BCUT2D eigenvalue weighted by atomic mass is 16.5. The number of benzene rings is 1. The molecule has 0 aliphatic carbocycles.